The van der Waals surface area contributed by atoms with Gasteiger partial charge in [-0.2, -0.15) is 5.10 Å². The Morgan fingerprint density at radius 2 is 1.92 bits per heavy atom. The van der Waals surface area contributed by atoms with E-state index in [4.69, 9.17) is 10.5 Å². The lowest BCUT2D eigenvalue weighted by molar-refractivity contribution is 0.269. The summed E-state index contributed by atoms with van der Waals surface area (Å²) in [6, 6.07) is 5.07. The molecular formula is C27H29F3N8O. The topological polar surface area (TPSA) is 107 Å². The highest BCUT2D eigenvalue weighted by Crippen LogP contribution is 2.36. The summed E-state index contributed by atoms with van der Waals surface area (Å²) < 4.78 is 49.9. The molecule has 1 aromatic carbocycles. The van der Waals surface area contributed by atoms with Crippen molar-refractivity contribution < 1.29 is 17.9 Å². The molecule has 5 rings (SSSR count). The minimum Gasteiger partial charge on any atom is -0.496 e. The zero-order valence-corrected chi connectivity index (χ0v) is 21.8. The van der Waals surface area contributed by atoms with Crippen molar-refractivity contribution in [1.82, 2.24) is 24.7 Å². The van der Waals surface area contributed by atoms with Gasteiger partial charge in [-0.15, -0.1) is 0 Å². The van der Waals surface area contributed by atoms with E-state index in [1.807, 2.05) is 29.6 Å². The average molecular weight is 539 g/mol. The van der Waals surface area contributed by atoms with E-state index in [2.05, 4.69) is 25.4 Å². The molecule has 1 fully saturated rings. The Labute approximate surface area is 223 Å². The van der Waals surface area contributed by atoms with Gasteiger partial charge in [0.05, 0.1) is 24.6 Å². The van der Waals surface area contributed by atoms with Gasteiger partial charge in [-0.25, -0.2) is 28.1 Å². The minimum absolute atomic E-state index is 0.00886. The molecule has 1 aliphatic heterocycles. The standard InChI is InChI=1S/C27H29F3N8O/c1-15(2)38-12-16(10-34-38)20-11-33-25(9-22(20)37-13-18(29)6-19(31)14-37)35-24-4-5-32-27(36-24)26-21(30)7-17(28)8-23(26)39-3/h4-5,7-12,15,18-19H,6,13-14,31H2,1-3H3,(H,32,33,35,36)/t18-,19+/m1/s1. The third-order valence-electron chi connectivity index (χ3n) is 6.47. The lowest BCUT2D eigenvalue weighted by Gasteiger charge is -2.35. The summed E-state index contributed by atoms with van der Waals surface area (Å²) in [6.45, 7) is 4.74. The first-order chi connectivity index (χ1) is 18.7. The van der Waals surface area contributed by atoms with E-state index in [0.29, 0.717) is 24.6 Å². The molecule has 0 radical (unpaired) electrons. The van der Waals surface area contributed by atoms with Gasteiger partial charge in [0, 0.05) is 73.1 Å². The highest BCUT2D eigenvalue weighted by Gasteiger charge is 2.27. The van der Waals surface area contributed by atoms with Crippen LogP contribution in [-0.4, -0.2) is 57.1 Å². The Bertz CT molecular complexity index is 1470. The summed E-state index contributed by atoms with van der Waals surface area (Å²) >= 11 is 0. The smallest absolute Gasteiger partial charge is 0.168 e. The number of rotatable bonds is 7. The Hall–Kier alpha value is -4.19. The molecule has 1 aliphatic rings. The zero-order valence-electron chi connectivity index (χ0n) is 21.8. The molecule has 0 bridgehead atoms. The van der Waals surface area contributed by atoms with Crippen LogP contribution in [0.25, 0.3) is 22.5 Å². The first-order valence-electron chi connectivity index (χ1n) is 12.5. The van der Waals surface area contributed by atoms with Gasteiger partial charge in [0.2, 0.25) is 0 Å². The predicted molar refractivity (Wildman–Crippen MR) is 143 cm³/mol. The number of halogens is 3. The summed E-state index contributed by atoms with van der Waals surface area (Å²) in [6.07, 6.45) is 6.06. The molecule has 0 unspecified atom stereocenters. The first-order valence-corrected chi connectivity index (χ1v) is 12.5. The second-order valence-corrected chi connectivity index (χ2v) is 9.74. The van der Waals surface area contributed by atoms with Crippen molar-refractivity contribution >= 4 is 17.3 Å². The van der Waals surface area contributed by atoms with E-state index in [9.17, 15) is 13.2 Å². The highest BCUT2D eigenvalue weighted by atomic mass is 19.1. The number of pyridine rings is 1. The average Bonchev–Trinajstić information content (AvgIpc) is 3.38. The third kappa shape index (κ3) is 5.65. The van der Waals surface area contributed by atoms with Crippen LogP contribution in [0.15, 0.2) is 49.1 Å². The minimum atomic E-state index is -1.06. The lowest BCUT2D eigenvalue weighted by atomic mass is 10.0. The Morgan fingerprint density at radius 3 is 2.64 bits per heavy atom. The second-order valence-electron chi connectivity index (χ2n) is 9.74. The number of hydrogen-bond donors (Lipinski definition) is 2. The van der Waals surface area contributed by atoms with Crippen LogP contribution in [-0.2, 0) is 0 Å². The summed E-state index contributed by atoms with van der Waals surface area (Å²) in [5.41, 5.74) is 8.46. The van der Waals surface area contributed by atoms with Crippen LogP contribution in [0.5, 0.6) is 5.75 Å². The summed E-state index contributed by atoms with van der Waals surface area (Å²) in [5, 5.41) is 7.55. The maximum atomic E-state index is 14.6. The molecule has 0 spiro atoms. The molecule has 1 saturated heterocycles. The molecule has 39 heavy (non-hydrogen) atoms. The number of ether oxygens (including phenoxy) is 1. The molecule has 204 valence electrons. The molecule has 4 aromatic rings. The van der Waals surface area contributed by atoms with Gasteiger partial charge in [-0.1, -0.05) is 0 Å². The molecule has 3 N–H and O–H groups in total. The van der Waals surface area contributed by atoms with E-state index in [0.717, 1.165) is 28.9 Å². The number of nitrogens with two attached hydrogens (primary N) is 1. The number of nitrogens with zero attached hydrogens (tertiary/aromatic N) is 6. The van der Waals surface area contributed by atoms with Gasteiger partial charge in [0.1, 0.15) is 35.2 Å². The second kappa shape index (κ2) is 10.9. The normalized spacial score (nSPS) is 17.5. The van der Waals surface area contributed by atoms with E-state index in [-0.39, 0.29) is 35.8 Å². The number of anilines is 3. The third-order valence-corrected chi connectivity index (χ3v) is 6.47. The predicted octanol–water partition coefficient (Wildman–Crippen LogP) is 4.89. The summed E-state index contributed by atoms with van der Waals surface area (Å²) in [4.78, 5) is 15.0. The van der Waals surface area contributed by atoms with Gasteiger partial charge >= 0.3 is 0 Å². The van der Waals surface area contributed by atoms with Gasteiger partial charge in [-0.3, -0.25) is 4.68 Å². The maximum Gasteiger partial charge on any atom is 0.168 e. The van der Waals surface area contributed by atoms with Crippen molar-refractivity contribution in [2.75, 3.05) is 30.4 Å². The van der Waals surface area contributed by atoms with Gasteiger partial charge in [0.25, 0.3) is 0 Å². The fraction of sp³-hybridized carbons (Fsp3) is 0.333. The molecule has 2 atom stereocenters. The number of methoxy groups -OCH3 is 1. The molecule has 4 heterocycles. The van der Waals surface area contributed by atoms with E-state index in [1.165, 1.54) is 13.3 Å². The first kappa shape index (κ1) is 26.4. The Morgan fingerprint density at radius 1 is 1.10 bits per heavy atom. The number of benzene rings is 1. The van der Waals surface area contributed by atoms with Crippen LogP contribution >= 0.6 is 0 Å². The van der Waals surface area contributed by atoms with E-state index in [1.54, 1.807) is 24.5 Å². The van der Waals surface area contributed by atoms with E-state index < -0.39 is 17.8 Å². The van der Waals surface area contributed by atoms with Crippen LogP contribution in [0, 0.1) is 11.6 Å². The molecule has 0 saturated carbocycles. The van der Waals surface area contributed by atoms with E-state index >= 15 is 0 Å². The van der Waals surface area contributed by atoms with Crippen LogP contribution in [0.4, 0.5) is 30.5 Å². The van der Waals surface area contributed by atoms with Crippen molar-refractivity contribution in [2.45, 2.75) is 38.5 Å². The highest BCUT2D eigenvalue weighted by molar-refractivity contribution is 5.80. The monoisotopic (exact) mass is 538 g/mol. The van der Waals surface area contributed by atoms with Crippen molar-refractivity contribution in [3.05, 3.63) is 60.7 Å². The van der Waals surface area contributed by atoms with Gasteiger partial charge in [-0.05, 0) is 26.3 Å². The summed E-state index contributed by atoms with van der Waals surface area (Å²) in [7, 11) is 1.31. The van der Waals surface area contributed by atoms with Crippen LogP contribution in [0.1, 0.15) is 26.3 Å². The Balaban J connectivity index is 1.51. The zero-order chi connectivity index (χ0) is 27.7. The molecule has 9 nitrogen and oxygen atoms in total. The number of nitrogens with one attached hydrogen (secondary N) is 1. The van der Waals surface area contributed by atoms with Crippen LogP contribution < -0.4 is 20.7 Å². The number of hydrogen-bond acceptors (Lipinski definition) is 8. The molecular weight excluding hydrogens is 509 g/mol. The number of alkyl halides is 1. The van der Waals surface area contributed by atoms with Gasteiger partial charge in [0.15, 0.2) is 5.82 Å². The Kier molecular flexibility index (Phi) is 7.38. The van der Waals surface area contributed by atoms with Crippen molar-refractivity contribution in [3.63, 3.8) is 0 Å². The maximum absolute atomic E-state index is 14.6. The quantitative estimate of drug-likeness (QED) is 0.343. The molecule has 0 aliphatic carbocycles. The fourth-order valence-electron chi connectivity index (χ4n) is 4.64. The van der Waals surface area contributed by atoms with Crippen molar-refractivity contribution in [3.8, 4) is 28.3 Å². The lowest BCUT2D eigenvalue weighted by Crippen LogP contribution is -2.48. The molecule has 12 heteroatoms. The van der Waals surface area contributed by atoms with Crippen molar-refractivity contribution in [2.24, 2.45) is 5.73 Å². The number of aromatic nitrogens is 5. The van der Waals surface area contributed by atoms with Crippen molar-refractivity contribution in [1.29, 1.82) is 0 Å². The van der Waals surface area contributed by atoms with Crippen LogP contribution in [0.3, 0.4) is 0 Å². The largest absolute Gasteiger partial charge is 0.496 e. The van der Waals surface area contributed by atoms with Crippen LogP contribution in [0.2, 0.25) is 0 Å². The molecule has 0 amide bonds. The number of piperidine rings is 1. The molecule has 3 aromatic heterocycles. The SMILES string of the molecule is COc1cc(F)cc(F)c1-c1nccc(Nc2cc(N3C[C@@H](N)C[C@@H](F)C3)c(-c3cnn(C(C)C)c3)cn2)n1. The van der Waals surface area contributed by atoms with Gasteiger partial charge < -0.3 is 20.7 Å². The summed E-state index contributed by atoms with van der Waals surface area (Å²) in [5.74, 6) is -0.892. The fourth-order valence-corrected chi connectivity index (χ4v) is 4.64.